The normalized spacial score (nSPS) is 11.6. The molecule has 5 nitrogen and oxygen atoms in total. The molecule has 1 aromatic heterocycles. The highest BCUT2D eigenvalue weighted by molar-refractivity contribution is 14.1. The second kappa shape index (κ2) is 8.55. The average Bonchev–Trinajstić information content (AvgIpc) is 2.95. The first-order chi connectivity index (χ1) is 12.5. The van der Waals surface area contributed by atoms with E-state index < -0.39 is 0 Å². The van der Waals surface area contributed by atoms with Gasteiger partial charge < -0.3 is 9.30 Å². The molecule has 0 fully saturated rings. The lowest BCUT2D eigenvalue weighted by atomic mass is 10.2. The molecule has 0 saturated carbocycles. The largest absolute Gasteiger partial charge is 0.489 e. The number of rotatable bonds is 6. The Hall–Kier alpha value is -1.36. The molecule has 1 heterocycles. The number of nitrogens with one attached hydrogen (secondary N) is 1. The molecule has 0 bridgehead atoms. The van der Waals surface area contributed by atoms with Crippen LogP contribution in [0, 0.1) is 7.14 Å². The van der Waals surface area contributed by atoms with Crippen molar-refractivity contribution < 1.29 is 4.74 Å². The maximum absolute atomic E-state index is 5.88. The molecule has 26 heavy (non-hydrogen) atoms. The minimum atomic E-state index is 0.153. The number of hydrazone groups is 1. The molecule has 0 unspecified atom stereocenters. The summed E-state index contributed by atoms with van der Waals surface area (Å²) in [5.41, 5.74) is 6.16. The Bertz CT molecular complexity index is 927. The molecule has 0 radical (unpaired) electrons. The van der Waals surface area contributed by atoms with Gasteiger partial charge in [-0.25, -0.2) is 10.4 Å². The summed E-state index contributed by atoms with van der Waals surface area (Å²) in [6.07, 6.45) is 1.96. The van der Waals surface area contributed by atoms with Crippen molar-refractivity contribution in [2.24, 2.45) is 5.10 Å². The lowest BCUT2D eigenvalue weighted by Gasteiger charge is -2.14. The molecule has 0 aliphatic rings. The third kappa shape index (κ3) is 4.30. The van der Waals surface area contributed by atoms with Crippen LogP contribution in [0.2, 0.25) is 0 Å². The average molecular weight is 574 g/mol. The number of ether oxygens (including phenoxy) is 1. The Balaban J connectivity index is 1.81. The number of fused-ring (bicyclic) bond motifs is 1. The van der Waals surface area contributed by atoms with Crippen LogP contribution in [0.5, 0.6) is 5.75 Å². The summed E-state index contributed by atoms with van der Waals surface area (Å²) in [5.74, 6) is 1.67. The highest BCUT2D eigenvalue weighted by Crippen LogP contribution is 2.29. The summed E-state index contributed by atoms with van der Waals surface area (Å²) in [4.78, 5) is 4.61. The summed E-state index contributed by atoms with van der Waals surface area (Å²) in [6, 6.07) is 12.2. The Morgan fingerprint density at radius 2 is 1.92 bits per heavy atom. The summed E-state index contributed by atoms with van der Waals surface area (Å²) < 4.78 is 10.1. The highest BCUT2D eigenvalue weighted by Gasteiger charge is 2.10. The molecule has 136 valence electrons. The van der Waals surface area contributed by atoms with Crippen molar-refractivity contribution in [3.63, 3.8) is 0 Å². The van der Waals surface area contributed by atoms with E-state index in [2.05, 4.69) is 90.4 Å². The van der Waals surface area contributed by atoms with Crippen LogP contribution in [0.25, 0.3) is 11.0 Å². The van der Waals surface area contributed by atoms with E-state index in [4.69, 9.17) is 4.74 Å². The second-order valence-corrected chi connectivity index (χ2v) is 8.34. The Morgan fingerprint density at radius 1 is 1.23 bits per heavy atom. The number of hydrogen-bond donors (Lipinski definition) is 1. The van der Waals surface area contributed by atoms with Gasteiger partial charge in [0.2, 0.25) is 5.95 Å². The molecule has 3 aromatic rings. The van der Waals surface area contributed by atoms with Crippen molar-refractivity contribution in [2.45, 2.75) is 33.4 Å². The standard InChI is InChI=1S/C19H20I2N4O/c1-4-25-17-8-6-5-7-16(17)23-19(25)24-22-11-13-9-14(20)18(15(21)10-13)26-12(2)3/h5-12H,4H2,1-3H3,(H,23,24)/b22-11-. The number of aromatic nitrogens is 2. The molecule has 1 N–H and O–H groups in total. The van der Waals surface area contributed by atoms with Crippen molar-refractivity contribution >= 4 is 68.4 Å². The van der Waals surface area contributed by atoms with Gasteiger partial charge in [0.25, 0.3) is 0 Å². The lowest BCUT2D eigenvalue weighted by molar-refractivity contribution is 0.239. The van der Waals surface area contributed by atoms with Crippen LogP contribution in [0.4, 0.5) is 5.95 Å². The number of benzene rings is 2. The van der Waals surface area contributed by atoms with Gasteiger partial charge >= 0.3 is 0 Å². The topological polar surface area (TPSA) is 51.4 Å². The number of para-hydroxylation sites is 2. The van der Waals surface area contributed by atoms with Crippen molar-refractivity contribution in [1.29, 1.82) is 0 Å². The zero-order valence-electron chi connectivity index (χ0n) is 14.8. The summed E-state index contributed by atoms with van der Waals surface area (Å²) >= 11 is 4.60. The Kier molecular flexibility index (Phi) is 6.38. The molecule has 0 aliphatic heterocycles. The smallest absolute Gasteiger partial charge is 0.224 e. The fraction of sp³-hybridized carbons (Fsp3) is 0.263. The van der Waals surface area contributed by atoms with Crippen LogP contribution in [-0.4, -0.2) is 21.9 Å². The van der Waals surface area contributed by atoms with Gasteiger partial charge in [-0.15, -0.1) is 0 Å². The molecular formula is C19H20I2N4O. The predicted octanol–water partition coefficient (Wildman–Crippen LogP) is 5.50. The zero-order valence-corrected chi connectivity index (χ0v) is 19.1. The van der Waals surface area contributed by atoms with Crippen LogP contribution >= 0.6 is 45.2 Å². The highest BCUT2D eigenvalue weighted by atomic mass is 127. The van der Waals surface area contributed by atoms with Gasteiger partial charge in [-0.3, -0.25) is 0 Å². The van der Waals surface area contributed by atoms with E-state index in [-0.39, 0.29) is 6.10 Å². The first-order valence-electron chi connectivity index (χ1n) is 8.39. The predicted molar refractivity (Wildman–Crippen MR) is 124 cm³/mol. The van der Waals surface area contributed by atoms with E-state index in [1.807, 2.05) is 38.3 Å². The van der Waals surface area contributed by atoms with Gasteiger partial charge in [-0.2, -0.15) is 5.10 Å². The fourth-order valence-corrected chi connectivity index (χ4v) is 4.72. The van der Waals surface area contributed by atoms with Crippen LogP contribution in [0.3, 0.4) is 0 Å². The maximum Gasteiger partial charge on any atom is 0.224 e. The Labute approximate surface area is 180 Å². The second-order valence-electron chi connectivity index (χ2n) is 6.02. The van der Waals surface area contributed by atoms with E-state index in [9.17, 15) is 0 Å². The first kappa shape index (κ1) is 19.4. The lowest BCUT2D eigenvalue weighted by Crippen LogP contribution is -2.08. The number of hydrogen-bond acceptors (Lipinski definition) is 4. The van der Waals surface area contributed by atoms with E-state index in [1.165, 1.54) is 0 Å². The number of imidazole rings is 1. The van der Waals surface area contributed by atoms with Crippen LogP contribution in [0.1, 0.15) is 26.3 Å². The van der Waals surface area contributed by atoms with Gasteiger partial charge in [-0.1, -0.05) is 12.1 Å². The maximum atomic E-state index is 5.88. The SMILES string of the molecule is CCn1c(N/N=C\c2cc(I)c(OC(C)C)c(I)c2)nc2ccccc21. The van der Waals surface area contributed by atoms with Crippen LogP contribution < -0.4 is 10.2 Å². The van der Waals surface area contributed by atoms with E-state index in [0.29, 0.717) is 0 Å². The molecule has 7 heteroatoms. The molecule has 3 rings (SSSR count). The molecule has 0 aliphatic carbocycles. The minimum absolute atomic E-state index is 0.153. The summed E-state index contributed by atoms with van der Waals surface area (Å²) in [7, 11) is 0. The van der Waals surface area contributed by atoms with Gasteiger partial charge in [0.1, 0.15) is 5.75 Å². The van der Waals surface area contributed by atoms with Gasteiger partial charge in [-0.05, 0) is 95.8 Å². The number of aryl methyl sites for hydroxylation is 1. The quantitative estimate of drug-likeness (QED) is 0.241. The van der Waals surface area contributed by atoms with Crippen LogP contribution in [-0.2, 0) is 6.54 Å². The van der Waals surface area contributed by atoms with Crippen LogP contribution in [0.15, 0.2) is 41.5 Å². The van der Waals surface area contributed by atoms with Gasteiger partial charge in [0.05, 0.1) is 30.5 Å². The third-order valence-corrected chi connectivity index (χ3v) is 5.33. The first-order valence-corrected chi connectivity index (χ1v) is 10.6. The van der Waals surface area contributed by atoms with E-state index in [1.54, 1.807) is 0 Å². The van der Waals surface area contributed by atoms with Crippen molar-refractivity contribution in [2.75, 3.05) is 5.43 Å². The fourth-order valence-electron chi connectivity index (χ4n) is 2.65. The zero-order chi connectivity index (χ0) is 18.7. The van der Waals surface area contributed by atoms with Crippen molar-refractivity contribution in [1.82, 2.24) is 9.55 Å². The minimum Gasteiger partial charge on any atom is -0.489 e. The molecule has 0 spiro atoms. The molecule has 0 amide bonds. The Morgan fingerprint density at radius 3 is 2.58 bits per heavy atom. The monoisotopic (exact) mass is 574 g/mol. The number of halogens is 2. The number of nitrogens with zero attached hydrogens (tertiary/aromatic N) is 3. The molecule has 0 atom stereocenters. The molecule has 0 saturated heterocycles. The summed E-state index contributed by atoms with van der Waals surface area (Å²) in [6.45, 7) is 6.99. The van der Waals surface area contributed by atoms with E-state index in [0.717, 1.165) is 42.0 Å². The van der Waals surface area contributed by atoms with Gasteiger partial charge in [0, 0.05) is 6.54 Å². The van der Waals surface area contributed by atoms with Crippen molar-refractivity contribution in [3.05, 3.63) is 49.1 Å². The summed E-state index contributed by atoms with van der Waals surface area (Å²) in [5, 5.41) is 4.38. The van der Waals surface area contributed by atoms with Gasteiger partial charge in [0.15, 0.2) is 0 Å². The van der Waals surface area contributed by atoms with E-state index >= 15 is 0 Å². The third-order valence-electron chi connectivity index (χ3n) is 3.72. The number of anilines is 1. The molecule has 2 aromatic carbocycles. The molecular weight excluding hydrogens is 554 g/mol. The van der Waals surface area contributed by atoms with Crippen molar-refractivity contribution in [3.8, 4) is 5.75 Å².